The lowest BCUT2D eigenvalue weighted by Gasteiger charge is -2.06. The van der Waals surface area contributed by atoms with Gasteiger partial charge in [-0.3, -0.25) is 9.59 Å². The van der Waals surface area contributed by atoms with Gasteiger partial charge in [0.15, 0.2) is 0 Å². The van der Waals surface area contributed by atoms with Gasteiger partial charge < -0.3 is 15.4 Å². The van der Waals surface area contributed by atoms with Gasteiger partial charge in [0.2, 0.25) is 11.8 Å². The van der Waals surface area contributed by atoms with Crippen molar-refractivity contribution in [2.75, 3.05) is 17.7 Å². The second-order valence-corrected chi connectivity index (χ2v) is 4.86. The summed E-state index contributed by atoms with van der Waals surface area (Å²) in [5.74, 6) is 0.357. The Balaban J connectivity index is 1.98. The zero-order valence-electron chi connectivity index (χ0n) is 13.0. The highest BCUT2D eigenvalue weighted by Gasteiger charge is 2.01. The van der Waals surface area contributed by atoms with Crippen LogP contribution in [0.15, 0.2) is 54.6 Å². The SMILES string of the molecule is COc1ccc(C=CC(=O)Nc2cccc(NC(C)=O)c2)cc1. The molecule has 0 saturated carbocycles. The van der Waals surface area contributed by atoms with Crippen LogP contribution in [-0.4, -0.2) is 18.9 Å². The van der Waals surface area contributed by atoms with Crippen LogP contribution in [0.4, 0.5) is 11.4 Å². The van der Waals surface area contributed by atoms with Crippen LogP contribution in [0.5, 0.6) is 5.75 Å². The normalized spacial score (nSPS) is 10.3. The van der Waals surface area contributed by atoms with E-state index in [-0.39, 0.29) is 11.8 Å². The van der Waals surface area contributed by atoms with Crippen molar-refractivity contribution in [1.82, 2.24) is 0 Å². The van der Waals surface area contributed by atoms with E-state index in [4.69, 9.17) is 4.74 Å². The van der Waals surface area contributed by atoms with Crippen LogP contribution in [-0.2, 0) is 9.59 Å². The topological polar surface area (TPSA) is 67.4 Å². The van der Waals surface area contributed by atoms with Crippen molar-refractivity contribution in [3.05, 3.63) is 60.2 Å². The Labute approximate surface area is 135 Å². The number of benzene rings is 2. The highest BCUT2D eigenvalue weighted by Crippen LogP contribution is 2.15. The molecule has 2 N–H and O–H groups in total. The smallest absolute Gasteiger partial charge is 0.248 e. The van der Waals surface area contributed by atoms with Crippen LogP contribution >= 0.6 is 0 Å². The Morgan fingerprint density at radius 1 is 1.00 bits per heavy atom. The van der Waals surface area contributed by atoms with Crippen LogP contribution in [0, 0.1) is 0 Å². The second kappa shape index (κ2) is 7.79. The molecule has 0 aromatic heterocycles. The maximum Gasteiger partial charge on any atom is 0.248 e. The molecule has 0 aliphatic rings. The number of ether oxygens (including phenoxy) is 1. The first-order chi connectivity index (χ1) is 11.1. The van der Waals surface area contributed by atoms with Crippen LogP contribution in [0.2, 0.25) is 0 Å². The Hall–Kier alpha value is -3.08. The molecule has 0 saturated heterocycles. The summed E-state index contributed by atoms with van der Waals surface area (Å²) in [6, 6.07) is 14.3. The first-order valence-corrected chi connectivity index (χ1v) is 7.07. The molecule has 5 heteroatoms. The summed E-state index contributed by atoms with van der Waals surface area (Å²) in [7, 11) is 1.60. The number of carbonyl (C=O) groups is 2. The molecule has 118 valence electrons. The summed E-state index contributed by atoms with van der Waals surface area (Å²) in [5.41, 5.74) is 2.14. The lowest BCUT2D eigenvalue weighted by molar-refractivity contribution is -0.114. The number of rotatable bonds is 5. The zero-order valence-corrected chi connectivity index (χ0v) is 13.0. The first-order valence-electron chi connectivity index (χ1n) is 7.07. The number of amides is 2. The average Bonchev–Trinajstić information content (AvgIpc) is 2.53. The van der Waals surface area contributed by atoms with Gasteiger partial charge >= 0.3 is 0 Å². The van der Waals surface area contributed by atoms with E-state index in [0.717, 1.165) is 11.3 Å². The minimum atomic E-state index is -0.249. The number of methoxy groups -OCH3 is 1. The van der Waals surface area contributed by atoms with Crippen LogP contribution in [0.3, 0.4) is 0 Å². The third-order valence-corrected chi connectivity index (χ3v) is 2.99. The van der Waals surface area contributed by atoms with Gasteiger partial charge in [-0.2, -0.15) is 0 Å². The summed E-state index contributed by atoms with van der Waals surface area (Å²) in [6.45, 7) is 1.43. The van der Waals surface area contributed by atoms with E-state index in [2.05, 4.69) is 10.6 Å². The molecule has 0 atom stereocenters. The summed E-state index contributed by atoms with van der Waals surface area (Å²) < 4.78 is 5.08. The molecule has 2 rings (SSSR count). The molecule has 0 heterocycles. The van der Waals surface area contributed by atoms with E-state index < -0.39 is 0 Å². The van der Waals surface area contributed by atoms with E-state index in [1.807, 2.05) is 24.3 Å². The van der Waals surface area contributed by atoms with Gasteiger partial charge in [0.05, 0.1) is 7.11 Å². The number of carbonyl (C=O) groups excluding carboxylic acids is 2. The van der Waals surface area contributed by atoms with Gasteiger partial charge in [0, 0.05) is 24.4 Å². The molecule has 0 spiro atoms. The zero-order chi connectivity index (χ0) is 16.7. The summed E-state index contributed by atoms with van der Waals surface area (Å²) >= 11 is 0. The first kappa shape index (κ1) is 16.3. The second-order valence-electron chi connectivity index (χ2n) is 4.86. The molecule has 2 aromatic rings. The number of hydrogen-bond acceptors (Lipinski definition) is 3. The molecule has 2 amide bonds. The largest absolute Gasteiger partial charge is 0.497 e. The fourth-order valence-corrected chi connectivity index (χ4v) is 1.95. The Bertz CT molecular complexity index is 721. The highest BCUT2D eigenvalue weighted by molar-refractivity contribution is 6.02. The maximum absolute atomic E-state index is 11.9. The van der Waals surface area contributed by atoms with Crippen LogP contribution in [0.25, 0.3) is 6.08 Å². The molecule has 0 bridgehead atoms. The lowest BCUT2D eigenvalue weighted by atomic mass is 10.2. The number of anilines is 2. The Kier molecular flexibility index (Phi) is 5.52. The summed E-state index contributed by atoms with van der Waals surface area (Å²) in [5, 5.41) is 5.41. The monoisotopic (exact) mass is 310 g/mol. The quantitative estimate of drug-likeness (QED) is 0.833. The Morgan fingerprint density at radius 3 is 2.26 bits per heavy atom. The van der Waals surface area contributed by atoms with Crippen molar-refractivity contribution in [3.63, 3.8) is 0 Å². The molecule has 23 heavy (non-hydrogen) atoms. The van der Waals surface area contributed by atoms with Gasteiger partial charge in [-0.1, -0.05) is 18.2 Å². The molecule has 0 unspecified atom stereocenters. The number of hydrogen-bond donors (Lipinski definition) is 2. The predicted molar refractivity (Wildman–Crippen MR) is 91.4 cm³/mol. The number of nitrogens with one attached hydrogen (secondary N) is 2. The molecule has 0 aliphatic heterocycles. The van der Waals surface area contributed by atoms with E-state index in [1.54, 1.807) is 37.5 Å². The molecule has 0 radical (unpaired) electrons. The minimum absolute atomic E-state index is 0.159. The van der Waals surface area contributed by atoms with Gasteiger partial charge in [-0.15, -0.1) is 0 Å². The Morgan fingerprint density at radius 2 is 1.65 bits per heavy atom. The molecular formula is C18H18N2O3. The highest BCUT2D eigenvalue weighted by atomic mass is 16.5. The molecule has 0 fully saturated rings. The van der Waals surface area contributed by atoms with Gasteiger partial charge in [-0.25, -0.2) is 0 Å². The van der Waals surface area contributed by atoms with E-state index in [9.17, 15) is 9.59 Å². The van der Waals surface area contributed by atoms with Crippen molar-refractivity contribution in [2.24, 2.45) is 0 Å². The average molecular weight is 310 g/mol. The van der Waals surface area contributed by atoms with E-state index in [1.165, 1.54) is 13.0 Å². The van der Waals surface area contributed by atoms with Crippen molar-refractivity contribution >= 4 is 29.3 Å². The summed E-state index contributed by atoms with van der Waals surface area (Å²) in [6.07, 6.45) is 3.17. The standard InChI is InChI=1S/C18H18N2O3/c1-13(21)19-15-4-3-5-16(12-15)20-18(22)11-8-14-6-9-17(23-2)10-7-14/h3-12H,1-2H3,(H,19,21)(H,20,22). The van der Waals surface area contributed by atoms with Crippen molar-refractivity contribution in [3.8, 4) is 5.75 Å². The molecule has 2 aromatic carbocycles. The molecule has 0 aliphatic carbocycles. The van der Waals surface area contributed by atoms with Crippen LogP contribution < -0.4 is 15.4 Å². The molecule has 5 nitrogen and oxygen atoms in total. The van der Waals surface area contributed by atoms with E-state index in [0.29, 0.717) is 11.4 Å². The molecular weight excluding hydrogens is 292 g/mol. The lowest BCUT2D eigenvalue weighted by Crippen LogP contribution is -2.09. The fraction of sp³-hybridized carbons (Fsp3) is 0.111. The fourth-order valence-electron chi connectivity index (χ4n) is 1.95. The van der Waals surface area contributed by atoms with Crippen molar-refractivity contribution in [2.45, 2.75) is 6.92 Å². The maximum atomic E-state index is 11.9. The van der Waals surface area contributed by atoms with Crippen molar-refractivity contribution < 1.29 is 14.3 Å². The van der Waals surface area contributed by atoms with Crippen LogP contribution in [0.1, 0.15) is 12.5 Å². The third kappa shape index (κ3) is 5.32. The van der Waals surface area contributed by atoms with Gasteiger partial charge in [0.1, 0.15) is 5.75 Å². The van der Waals surface area contributed by atoms with Gasteiger partial charge in [0.25, 0.3) is 0 Å². The van der Waals surface area contributed by atoms with Gasteiger partial charge in [-0.05, 0) is 42.0 Å². The minimum Gasteiger partial charge on any atom is -0.497 e. The van der Waals surface area contributed by atoms with E-state index >= 15 is 0 Å². The predicted octanol–water partition coefficient (Wildman–Crippen LogP) is 3.31. The third-order valence-electron chi connectivity index (χ3n) is 2.99. The van der Waals surface area contributed by atoms with Crippen molar-refractivity contribution in [1.29, 1.82) is 0 Å². The summed E-state index contributed by atoms with van der Waals surface area (Å²) in [4.78, 5) is 23.0.